The summed E-state index contributed by atoms with van der Waals surface area (Å²) in [4.78, 5) is 2.45. The first-order valence-electron chi connectivity index (χ1n) is 21.2. The smallest absolute Gasteiger partial charge is 0.0468 e. The third-order valence-corrected chi connectivity index (χ3v) is 13.2. The fourth-order valence-electron chi connectivity index (χ4n) is 10.3. The lowest BCUT2D eigenvalue weighted by Crippen LogP contribution is -2.10. The Morgan fingerprint density at radius 2 is 0.623 bits per heavy atom. The highest BCUT2D eigenvalue weighted by atomic mass is 15.1. The summed E-state index contributed by atoms with van der Waals surface area (Å²) in [6.07, 6.45) is 0. The monoisotopic (exact) mass is 771 g/mol. The van der Waals surface area contributed by atoms with Gasteiger partial charge in [0.15, 0.2) is 0 Å². The van der Waals surface area contributed by atoms with Crippen LogP contribution in [-0.4, -0.2) is 0 Å². The highest BCUT2D eigenvalue weighted by molar-refractivity contribution is 6.16. The van der Waals surface area contributed by atoms with Gasteiger partial charge < -0.3 is 4.90 Å². The van der Waals surface area contributed by atoms with Gasteiger partial charge in [-0.2, -0.15) is 0 Å². The van der Waals surface area contributed by atoms with E-state index in [2.05, 4.69) is 229 Å². The number of hydrogen-bond acceptors (Lipinski definition) is 1. The third-order valence-electron chi connectivity index (χ3n) is 13.2. The predicted octanol–water partition coefficient (Wildman–Crippen LogP) is 16.9. The number of benzene rings is 11. The predicted molar refractivity (Wildman–Crippen MR) is 259 cm³/mol. The van der Waals surface area contributed by atoms with Gasteiger partial charge >= 0.3 is 0 Å². The zero-order valence-electron chi connectivity index (χ0n) is 33.3. The standard InChI is InChI=1S/C60H37N/c1-2-14-46-39(11-1)23-24-42-35-41(27-32-47(42)46)38-25-28-43(29-26-38)61(45-31-34-55-56-21-9-12-40-13-10-22-57(60(40)56)59(55)37-45)44-30-33-54-52-19-6-5-17-50(52)48-15-3-4-16-49(48)51-18-7-8-20-53(51)58(54)36-44/h1-37H. The van der Waals surface area contributed by atoms with Gasteiger partial charge in [-0.15, -0.1) is 0 Å². The molecule has 1 heteroatoms. The second-order valence-electron chi connectivity index (χ2n) is 16.4. The van der Waals surface area contributed by atoms with Gasteiger partial charge in [-0.25, -0.2) is 0 Å². The Kier molecular flexibility index (Phi) is 7.37. The van der Waals surface area contributed by atoms with Crippen LogP contribution in [0.5, 0.6) is 0 Å². The average Bonchev–Trinajstić information content (AvgIpc) is 3.65. The zero-order valence-corrected chi connectivity index (χ0v) is 33.3. The molecule has 0 saturated carbocycles. The molecule has 2 aliphatic carbocycles. The fourth-order valence-corrected chi connectivity index (χ4v) is 10.3. The molecule has 11 aromatic rings. The number of anilines is 3. The summed E-state index contributed by atoms with van der Waals surface area (Å²) in [6, 6.07) is 83.3. The molecule has 2 aliphatic rings. The molecule has 0 amide bonds. The van der Waals surface area contributed by atoms with Crippen LogP contribution < -0.4 is 4.90 Å². The van der Waals surface area contributed by atoms with Crippen molar-refractivity contribution in [2.75, 3.05) is 4.90 Å². The second kappa shape index (κ2) is 13.3. The minimum absolute atomic E-state index is 1.11. The molecule has 0 N–H and O–H groups in total. The van der Waals surface area contributed by atoms with Crippen LogP contribution in [0.1, 0.15) is 0 Å². The molecule has 282 valence electrons. The van der Waals surface area contributed by atoms with Crippen LogP contribution in [0, 0.1) is 0 Å². The van der Waals surface area contributed by atoms with Gasteiger partial charge in [-0.3, -0.25) is 0 Å². The Balaban J connectivity index is 0.999. The minimum Gasteiger partial charge on any atom is -0.310 e. The summed E-state index contributed by atoms with van der Waals surface area (Å²) < 4.78 is 0. The summed E-state index contributed by atoms with van der Waals surface area (Å²) in [5, 5.41) is 7.72. The van der Waals surface area contributed by atoms with Crippen molar-refractivity contribution in [1.82, 2.24) is 0 Å². The Morgan fingerprint density at radius 1 is 0.213 bits per heavy atom. The molecular weight excluding hydrogens is 735 g/mol. The molecule has 11 aromatic carbocycles. The summed E-state index contributed by atoms with van der Waals surface area (Å²) >= 11 is 0. The average molecular weight is 772 g/mol. The van der Waals surface area contributed by atoms with Gasteiger partial charge in [0.05, 0.1) is 0 Å². The van der Waals surface area contributed by atoms with E-state index in [4.69, 9.17) is 0 Å². The van der Waals surface area contributed by atoms with Gasteiger partial charge in [0.25, 0.3) is 0 Å². The number of fused-ring (bicyclic) bond motifs is 14. The maximum Gasteiger partial charge on any atom is 0.0468 e. The van der Waals surface area contributed by atoms with E-state index in [9.17, 15) is 0 Å². The first kappa shape index (κ1) is 33.9. The van der Waals surface area contributed by atoms with E-state index in [1.807, 2.05) is 0 Å². The van der Waals surface area contributed by atoms with Crippen LogP contribution in [0.2, 0.25) is 0 Å². The quantitative estimate of drug-likeness (QED) is 0.161. The molecule has 0 fully saturated rings. The van der Waals surface area contributed by atoms with E-state index in [-0.39, 0.29) is 0 Å². The molecule has 0 unspecified atom stereocenters. The third kappa shape index (κ3) is 5.21. The van der Waals surface area contributed by atoms with Crippen LogP contribution in [0.25, 0.3) is 110 Å². The molecule has 0 saturated heterocycles. The van der Waals surface area contributed by atoms with E-state index >= 15 is 0 Å². The molecule has 0 aliphatic heterocycles. The minimum atomic E-state index is 1.11. The SMILES string of the molecule is c1ccc2c(c1)-c1ccccc1-c1ccc(N(c3ccc(-c4ccc5c(ccc6ccccc65)c4)cc3)c3ccc4c(c3)-c3cccc5cccc-4c35)cc1-c1ccccc1-2. The van der Waals surface area contributed by atoms with Crippen LogP contribution in [-0.2, 0) is 0 Å². The lowest BCUT2D eigenvalue weighted by Gasteiger charge is -2.29. The molecule has 0 atom stereocenters. The molecule has 0 spiro atoms. The Morgan fingerprint density at radius 3 is 1.25 bits per heavy atom. The van der Waals surface area contributed by atoms with E-state index in [0.717, 1.165) is 17.1 Å². The van der Waals surface area contributed by atoms with Crippen LogP contribution in [0.15, 0.2) is 224 Å². The number of hydrogen-bond donors (Lipinski definition) is 0. The Bertz CT molecular complexity index is 3580. The van der Waals surface area contributed by atoms with Crippen molar-refractivity contribution in [2.45, 2.75) is 0 Å². The lowest BCUT2D eigenvalue weighted by atomic mass is 9.81. The van der Waals surface area contributed by atoms with Crippen molar-refractivity contribution in [3.05, 3.63) is 224 Å². The summed E-state index contributed by atoms with van der Waals surface area (Å²) in [5.41, 5.74) is 20.9. The molecule has 61 heavy (non-hydrogen) atoms. The molecule has 13 rings (SSSR count). The zero-order chi connectivity index (χ0) is 40.0. The van der Waals surface area contributed by atoms with Gasteiger partial charge in [-0.1, -0.05) is 182 Å². The Labute approximate surface area is 355 Å². The van der Waals surface area contributed by atoms with Crippen LogP contribution in [0.4, 0.5) is 17.1 Å². The van der Waals surface area contributed by atoms with Crippen LogP contribution >= 0.6 is 0 Å². The molecule has 1 nitrogen and oxygen atoms in total. The van der Waals surface area contributed by atoms with Crippen molar-refractivity contribution >= 4 is 49.4 Å². The van der Waals surface area contributed by atoms with Gasteiger partial charge in [0, 0.05) is 17.1 Å². The number of rotatable bonds is 4. The highest BCUT2D eigenvalue weighted by Crippen LogP contribution is 2.52. The lowest BCUT2D eigenvalue weighted by molar-refractivity contribution is 1.28. The largest absolute Gasteiger partial charge is 0.310 e. The van der Waals surface area contributed by atoms with Crippen molar-refractivity contribution in [2.24, 2.45) is 0 Å². The molecular formula is C60H37N. The van der Waals surface area contributed by atoms with E-state index in [0.29, 0.717) is 0 Å². The second-order valence-corrected chi connectivity index (χ2v) is 16.4. The van der Waals surface area contributed by atoms with Crippen molar-refractivity contribution < 1.29 is 0 Å². The van der Waals surface area contributed by atoms with Gasteiger partial charge in [0.1, 0.15) is 0 Å². The van der Waals surface area contributed by atoms with Crippen molar-refractivity contribution in [3.8, 4) is 77.9 Å². The normalized spacial score (nSPS) is 11.9. The van der Waals surface area contributed by atoms with E-state index in [1.54, 1.807) is 0 Å². The van der Waals surface area contributed by atoms with E-state index < -0.39 is 0 Å². The van der Waals surface area contributed by atoms with Gasteiger partial charge in [-0.05, 0) is 153 Å². The molecule has 0 heterocycles. The maximum atomic E-state index is 2.45. The van der Waals surface area contributed by atoms with Crippen molar-refractivity contribution in [3.63, 3.8) is 0 Å². The highest BCUT2D eigenvalue weighted by Gasteiger charge is 2.26. The first-order valence-corrected chi connectivity index (χ1v) is 21.2. The number of nitrogens with zero attached hydrogens (tertiary/aromatic N) is 1. The Hall–Kier alpha value is -8.00. The topological polar surface area (TPSA) is 3.24 Å². The summed E-state index contributed by atoms with van der Waals surface area (Å²) in [7, 11) is 0. The molecule has 0 bridgehead atoms. The van der Waals surface area contributed by atoms with Crippen LogP contribution in [0.3, 0.4) is 0 Å². The molecule has 0 radical (unpaired) electrons. The summed E-state index contributed by atoms with van der Waals surface area (Å²) in [6.45, 7) is 0. The first-order chi connectivity index (χ1) is 30.2. The maximum absolute atomic E-state index is 2.45. The van der Waals surface area contributed by atoms with E-state index in [1.165, 1.54) is 110 Å². The van der Waals surface area contributed by atoms with Gasteiger partial charge in [0.2, 0.25) is 0 Å². The molecule has 0 aromatic heterocycles. The summed E-state index contributed by atoms with van der Waals surface area (Å²) in [5.74, 6) is 0. The van der Waals surface area contributed by atoms with Crippen molar-refractivity contribution in [1.29, 1.82) is 0 Å². The fraction of sp³-hybridized carbons (Fsp3) is 0.